The lowest BCUT2D eigenvalue weighted by atomic mass is 9.91. The minimum Gasteiger partial charge on any atom is -0.362 e. The fraction of sp³-hybridized carbons (Fsp3) is 0.333. The van der Waals surface area contributed by atoms with Gasteiger partial charge < -0.3 is 10.3 Å². The van der Waals surface area contributed by atoms with E-state index in [1.807, 2.05) is 24.3 Å². The molecule has 0 fully saturated rings. The lowest BCUT2D eigenvalue weighted by Crippen LogP contribution is -2.26. The summed E-state index contributed by atoms with van der Waals surface area (Å²) in [5.41, 5.74) is 10.1. The summed E-state index contributed by atoms with van der Waals surface area (Å²) in [5, 5.41) is 8.80. The summed E-state index contributed by atoms with van der Waals surface area (Å²) in [7, 11) is 0. The standard InChI is InChI=1S/C18H21ClN4S/c1-3-14-11(2)20-15-8-5-9-16(17(14)15)22-23-18(24)21-13-7-4-6-12(19)10-13/h4,6-7,10,20H,3,5,8-9H2,1-2H3,(H2,21,23,24)/b22-16+. The largest absolute Gasteiger partial charge is 0.362 e. The van der Waals surface area contributed by atoms with Crippen molar-refractivity contribution in [3.05, 3.63) is 51.8 Å². The normalized spacial score (nSPS) is 15.2. The molecule has 1 aromatic carbocycles. The van der Waals surface area contributed by atoms with Crippen molar-refractivity contribution in [1.82, 2.24) is 10.4 Å². The van der Waals surface area contributed by atoms with E-state index in [0.29, 0.717) is 10.1 Å². The molecule has 0 aliphatic heterocycles. The van der Waals surface area contributed by atoms with E-state index in [-0.39, 0.29) is 0 Å². The van der Waals surface area contributed by atoms with E-state index in [9.17, 15) is 0 Å². The zero-order valence-electron chi connectivity index (χ0n) is 13.9. The van der Waals surface area contributed by atoms with E-state index in [1.165, 1.54) is 22.5 Å². The Hall–Kier alpha value is -1.85. The molecule has 1 aliphatic rings. The molecule has 6 heteroatoms. The summed E-state index contributed by atoms with van der Waals surface area (Å²) >= 11 is 11.3. The lowest BCUT2D eigenvalue weighted by Gasteiger charge is -2.16. The van der Waals surface area contributed by atoms with Gasteiger partial charge in [0.25, 0.3) is 0 Å². The van der Waals surface area contributed by atoms with E-state index in [4.69, 9.17) is 23.8 Å². The number of aromatic amines is 1. The Balaban J connectivity index is 1.75. The van der Waals surface area contributed by atoms with Crippen molar-refractivity contribution in [2.24, 2.45) is 5.10 Å². The smallest absolute Gasteiger partial charge is 0.191 e. The Morgan fingerprint density at radius 3 is 2.96 bits per heavy atom. The summed E-state index contributed by atoms with van der Waals surface area (Å²) in [5.74, 6) is 0. The minimum atomic E-state index is 0.460. The van der Waals surface area contributed by atoms with Gasteiger partial charge >= 0.3 is 0 Å². The molecule has 0 saturated carbocycles. The van der Waals surface area contributed by atoms with Crippen molar-refractivity contribution >= 4 is 40.3 Å². The Morgan fingerprint density at radius 1 is 1.38 bits per heavy atom. The molecule has 0 atom stereocenters. The van der Waals surface area contributed by atoms with Gasteiger partial charge in [-0.25, -0.2) is 0 Å². The Labute approximate surface area is 152 Å². The fourth-order valence-corrected chi connectivity index (χ4v) is 3.58. The van der Waals surface area contributed by atoms with Gasteiger partial charge in [0.1, 0.15) is 0 Å². The number of hydrogen-bond acceptors (Lipinski definition) is 2. The first-order chi connectivity index (χ1) is 11.6. The second-order valence-corrected chi connectivity index (χ2v) is 6.77. The monoisotopic (exact) mass is 360 g/mol. The summed E-state index contributed by atoms with van der Waals surface area (Å²) < 4.78 is 0. The van der Waals surface area contributed by atoms with Gasteiger partial charge in [0.05, 0.1) is 5.71 Å². The molecular formula is C18H21ClN4S. The van der Waals surface area contributed by atoms with Gasteiger partial charge in [-0.2, -0.15) is 5.10 Å². The maximum Gasteiger partial charge on any atom is 0.191 e. The maximum absolute atomic E-state index is 5.98. The molecule has 0 spiro atoms. The van der Waals surface area contributed by atoms with Gasteiger partial charge in [-0.15, -0.1) is 0 Å². The van der Waals surface area contributed by atoms with Crippen LogP contribution in [0.4, 0.5) is 5.69 Å². The Bertz CT molecular complexity index is 794. The van der Waals surface area contributed by atoms with Crippen LogP contribution in [-0.4, -0.2) is 15.8 Å². The van der Waals surface area contributed by atoms with E-state index in [0.717, 1.165) is 37.1 Å². The highest BCUT2D eigenvalue weighted by Crippen LogP contribution is 2.27. The molecule has 24 heavy (non-hydrogen) atoms. The first-order valence-electron chi connectivity index (χ1n) is 8.18. The molecule has 0 bridgehead atoms. The molecule has 126 valence electrons. The van der Waals surface area contributed by atoms with E-state index in [2.05, 4.69) is 34.7 Å². The van der Waals surface area contributed by atoms with E-state index < -0.39 is 0 Å². The van der Waals surface area contributed by atoms with Crippen LogP contribution in [0.5, 0.6) is 0 Å². The average Bonchev–Trinajstić information content (AvgIpc) is 2.88. The quantitative estimate of drug-likeness (QED) is 0.555. The van der Waals surface area contributed by atoms with Crippen LogP contribution in [-0.2, 0) is 12.8 Å². The second-order valence-electron chi connectivity index (χ2n) is 5.92. The number of fused-ring (bicyclic) bond motifs is 1. The van der Waals surface area contributed by atoms with Crippen LogP contribution in [0.3, 0.4) is 0 Å². The maximum atomic E-state index is 5.98. The predicted molar refractivity (Wildman–Crippen MR) is 105 cm³/mol. The molecular weight excluding hydrogens is 340 g/mol. The van der Waals surface area contributed by atoms with Crippen LogP contribution in [0.2, 0.25) is 5.02 Å². The number of nitrogens with zero attached hydrogens (tertiary/aromatic N) is 1. The first kappa shape index (κ1) is 17.0. The zero-order valence-corrected chi connectivity index (χ0v) is 15.4. The molecule has 1 aliphatic carbocycles. The number of rotatable bonds is 3. The summed E-state index contributed by atoms with van der Waals surface area (Å²) in [4.78, 5) is 3.51. The van der Waals surface area contributed by atoms with Crippen LogP contribution >= 0.6 is 23.8 Å². The van der Waals surface area contributed by atoms with Crippen molar-refractivity contribution in [1.29, 1.82) is 0 Å². The SMILES string of the molecule is CCc1c(C)[nH]c2c1/C(=N/NC(=S)Nc1cccc(Cl)c1)CCC2. The lowest BCUT2D eigenvalue weighted by molar-refractivity contribution is 0.808. The average molecular weight is 361 g/mol. The third-order valence-corrected chi connectivity index (χ3v) is 4.68. The van der Waals surface area contributed by atoms with E-state index in [1.54, 1.807) is 0 Å². The molecule has 0 radical (unpaired) electrons. The molecule has 1 heterocycles. The van der Waals surface area contributed by atoms with Crippen LogP contribution in [0, 0.1) is 6.92 Å². The van der Waals surface area contributed by atoms with Crippen molar-refractivity contribution in [3.8, 4) is 0 Å². The number of nitrogens with one attached hydrogen (secondary N) is 3. The van der Waals surface area contributed by atoms with Gasteiger partial charge in [-0.3, -0.25) is 5.43 Å². The molecule has 2 aromatic rings. The summed E-state index contributed by atoms with van der Waals surface area (Å²) in [6.45, 7) is 4.31. The first-order valence-corrected chi connectivity index (χ1v) is 8.97. The van der Waals surface area contributed by atoms with Crippen molar-refractivity contribution in [3.63, 3.8) is 0 Å². The highest BCUT2D eigenvalue weighted by Gasteiger charge is 2.22. The molecule has 1 aromatic heterocycles. The second kappa shape index (κ2) is 7.36. The number of halogens is 1. The van der Waals surface area contributed by atoms with Crippen LogP contribution in [0.25, 0.3) is 0 Å². The number of thiocarbonyl (C=S) groups is 1. The summed E-state index contributed by atoms with van der Waals surface area (Å²) in [6.07, 6.45) is 4.15. The Morgan fingerprint density at radius 2 is 2.21 bits per heavy atom. The zero-order chi connectivity index (χ0) is 17.1. The Kier molecular flexibility index (Phi) is 5.21. The number of aromatic nitrogens is 1. The van der Waals surface area contributed by atoms with Gasteiger partial charge in [0.2, 0.25) is 0 Å². The topological polar surface area (TPSA) is 52.2 Å². The van der Waals surface area contributed by atoms with Gasteiger partial charge in [0.15, 0.2) is 5.11 Å². The van der Waals surface area contributed by atoms with E-state index >= 15 is 0 Å². The fourth-order valence-electron chi connectivity index (χ4n) is 3.22. The van der Waals surface area contributed by atoms with Gasteiger partial charge in [-0.1, -0.05) is 24.6 Å². The molecule has 0 saturated heterocycles. The van der Waals surface area contributed by atoms with Crippen LogP contribution < -0.4 is 10.7 Å². The third-order valence-electron chi connectivity index (χ3n) is 4.25. The number of aryl methyl sites for hydroxylation is 2. The van der Waals surface area contributed by atoms with Gasteiger partial charge in [0, 0.05) is 27.7 Å². The van der Waals surface area contributed by atoms with Gasteiger partial charge in [-0.05, 0) is 68.6 Å². The van der Waals surface area contributed by atoms with Crippen LogP contribution in [0.15, 0.2) is 29.4 Å². The highest BCUT2D eigenvalue weighted by atomic mass is 35.5. The number of benzene rings is 1. The molecule has 3 rings (SSSR count). The molecule has 3 N–H and O–H groups in total. The molecule has 0 amide bonds. The summed E-state index contributed by atoms with van der Waals surface area (Å²) in [6, 6.07) is 7.44. The number of hydrazone groups is 1. The number of anilines is 1. The minimum absolute atomic E-state index is 0.460. The van der Waals surface area contributed by atoms with Crippen LogP contribution in [0.1, 0.15) is 42.3 Å². The number of hydrogen-bond donors (Lipinski definition) is 3. The van der Waals surface area contributed by atoms with Crippen molar-refractivity contribution in [2.45, 2.75) is 39.5 Å². The number of H-pyrrole nitrogens is 1. The van der Waals surface area contributed by atoms with Crippen molar-refractivity contribution < 1.29 is 0 Å². The molecule has 4 nitrogen and oxygen atoms in total. The van der Waals surface area contributed by atoms with Crippen molar-refractivity contribution in [2.75, 3.05) is 5.32 Å². The predicted octanol–water partition coefficient (Wildman–Crippen LogP) is 4.57. The third kappa shape index (κ3) is 3.62. The molecule has 0 unspecified atom stereocenters. The highest BCUT2D eigenvalue weighted by molar-refractivity contribution is 7.80.